The van der Waals surface area contributed by atoms with E-state index in [1.807, 2.05) is 0 Å². The van der Waals surface area contributed by atoms with Crippen molar-refractivity contribution in [2.75, 3.05) is 6.26 Å². The molecule has 0 saturated carbocycles. The maximum atomic E-state index is 10.8. The van der Waals surface area contributed by atoms with Crippen molar-refractivity contribution in [2.24, 2.45) is 5.92 Å². The van der Waals surface area contributed by atoms with E-state index in [9.17, 15) is 8.42 Å². The molecule has 0 aromatic carbocycles. The molecule has 0 aliphatic rings. The molecule has 92 valence electrons. The van der Waals surface area contributed by atoms with Crippen molar-refractivity contribution in [3.63, 3.8) is 0 Å². The fourth-order valence-corrected chi connectivity index (χ4v) is 2.19. The molecule has 7 heteroatoms. The highest BCUT2D eigenvalue weighted by molar-refractivity contribution is 7.85. The molecule has 0 amide bonds. The lowest BCUT2D eigenvalue weighted by molar-refractivity contribution is 0.310. The van der Waals surface area contributed by atoms with Gasteiger partial charge in [-0.25, -0.2) is 0 Å². The van der Waals surface area contributed by atoms with E-state index in [2.05, 4.69) is 28.2 Å². The molecule has 0 spiro atoms. The first kappa shape index (κ1) is 13.5. The third-order valence-corrected chi connectivity index (χ3v) is 3.34. The molecule has 0 fully saturated rings. The minimum absolute atomic E-state index is 0.0157. The first-order chi connectivity index (χ1) is 7.37. The van der Waals surface area contributed by atoms with E-state index in [0.717, 1.165) is 24.1 Å². The van der Waals surface area contributed by atoms with Crippen LogP contribution in [0.2, 0.25) is 0 Å². The van der Waals surface area contributed by atoms with Crippen molar-refractivity contribution in [3.05, 3.63) is 10.0 Å². The van der Waals surface area contributed by atoms with Crippen LogP contribution in [-0.2, 0) is 27.3 Å². The van der Waals surface area contributed by atoms with Gasteiger partial charge in [-0.2, -0.15) is 8.42 Å². The zero-order valence-corrected chi connectivity index (χ0v) is 11.3. The molecule has 0 saturated heterocycles. The Morgan fingerprint density at radius 1 is 1.31 bits per heavy atom. The molecule has 5 nitrogen and oxygen atoms in total. The van der Waals surface area contributed by atoms with Gasteiger partial charge in [0.05, 0.1) is 6.26 Å². The molecule has 1 heterocycles. The first-order valence-corrected chi connectivity index (χ1v) is 7.66. The van der Waals surface area contributed by atoms with Crippen molar-refractivity contribution < 1.29 is 12.6 Å². The smallest absolute Gasteiger partial charge is 0.263 e. The molecular weight excluding hydrogens is 248 g/mol. The summed E-state index contributed by atoms with van der Waals surface area (Å²) in [7, 11) is -3.40. The lowest BCUT2D eigenvalue weighted by atomic mass is 10.1. The molecule has 1 aromatic rings. The van der Waals surface area contributed by atoms with Crippen LogP contribution in [-0.4, -0.2) is 24.9 Å². The summed E-state index contributed by atoms with van der Waals surface area (Å²) in [6, 6.07) is 0. The van der Waals surface area contributed by atoms with Crippen LogP contribution in [0.25, 0.3) is 0 Å². The van der Waals surface area contributed by atoms with Gasteiger partial charge in [-0.1, -0.05) is 25.2 Å². The van der Waals surface area contributed by atoms with E-state index in [1.54, 1.807) is 0 Å². The van der Waals surface area contributed by atoms with Crippen LogP contribution in [0, 0.1) is 5.92 Å². The van der Waals surface area contributed by atoms with Crippen LogP contribution in [0.5, 0.6) is 0 Å². The summed E-state index contributed by atoms with van der Waals surface area (Å²) in [4.78, 5) is 0. The largest absolute Gasteiger partial charge is 0.264 e. The lowest BCUT2D eigenvalue weighted by Crippen LogP contribution is -2.02. The summed E-state index contributed by atoms with van der Waals surface area (Å²) in [5, 5.41) is 9.39. The van der Waals surface area contributed by atoms with E-state index >= 15 is 0 Å². The van der Waals surface area contributed by atoms with Crippen molar-refractivity contribution >= 4 is 21.5 Å². The molecule has 0 unspecified atom stereocenters. The second-order valence-corrected chi connectivity index (χ2v) is 6.78. The normalized spacial score (nSPS) is 12.2. The zero-order chi connectivity index (χ0) is 12.2. The molecule has 0 aliphatic carbocycles. The number of nitrogens with zero attached hydrogens (tertiary/aromatic N) is 2. The van der Waals surface area contributed by atoms with E-state index < -0.39 is 10.1 Å². The summed E-state index contributed by atoms with van der Waals surface area (Å²) >= 11 is 1.40. The van der Waals surface area contributed by atoms with E-state index in [0.29, 0.717) is 10.9 Å². The van der Waals surface area contributed by atoms with E-state index in [1.165, 1.54) is 11.3 Å². The predicted molar refractivity (Wildman–Crippen MR) is 62.7 cm³/mol. The van der Waals surface area contributed by atoms with Gasteiger partial charge < -0.3 is 0 Å². The van der Waals surface area contributed by atoms with Crippen LogP contribution in [0.15, 0.2) is 0 Å². The molecule has 1 rings (SSSR count). The Hall–Kier alpha value is -0.530. The second kappa shape index (κ2) is 5.70. The molecule has 0 radical (unpaired) electrons. The molecule has 1 aromatic heterocycles. The van der Waals surface area contributed by atoms with Gasteiger partial charge in [0.2, 0.25) is 0 Å². The highest BCUT2D eigenvalue weighted by atomic mass is 32.2. The summed E-state index contributed by atoms with van der Waals surface area (Å²) in [6.45, 7) is 4.28. The monoisotopic (exact) mass is 264 g/mol. The van der Waals surface area contributed by atoms with E-state index in [-0.39, 0.29) is 6.61 Å². The minimum Gasteiger partial charge on any atom is -0.263 e. The Morgan fingerprint density at radius 2 is 1.94 bits per heavy atom. The minimum atomic E-state index is -3.40. The third kappa shape index (κ3) is 5.53. The number of aromatic nitrogens is 2. The first-order valence-electron chi connectivity index (χ1n) is 5.02. The molecule has 0 atom stereocenters. The average Bonchev–Trinajstić information content (AvgIpc) is 2.58. The molecule has 16 heavy (non-hydrogen) atoms. The Morgan fingerprint density at radius 3 is 2.50 bits per heavy atom. The number of hydrogen-bond donors (Lipinski definition) is 0. The van der Waals surface area contributed by atoms with Gasteiger partial charge in [-0.15, -0.1) is 10.2 Å². The van der Waals surface area contributed by atoms with Crippen molar-refractivity contribution in [1.29, 1.82) is 0 Å². The van der Waals surface area contributed by atoms with Gasteiger partial charge >= 0.3 is 0 Å². The van der Waals surface area contributed by atoms with Crippen LogP contribution in [0.1, 0.15) is 30.3 Å². The topological polar surface area (TPSA) is 69.2 Å². The Balaban J connectivity index is 2.45. The summed E-state index contributed by atoms with van der Waals surface area (Å²) in [5.74, 6) is 0.625. The predicted octanol–water partition coefficient (Wildman–Crippen LogP) is 1.60. The number of rotatable bonds is 6. The van der Waals surface area contributed by atoms with Crippen molar-refractivity contribution in [3.8, 4) is 0 Å². The fraction of sp³-hybridized carbons (Fsp3) is 0.778. The maximum Gasteiger partial charge on any atom is 0.264 e. The second-order valence-electron chi connectivity index (χ2n) is 3.99. The number of hydrogen-bond acceptors (Lipinski definition) is 6. The summed E-state index contributed by atoms with van der Waals surface area (Å²) in [6.07, 6.45) is 2.96. The Labute approximate surface area is 100.0 Å². The Kier molecular flexibility index (Phi) is 4.82. The average molecular weight is 264 g/mol. The number of aryl methyl sites for hydroxylation is 1. The van der Waals surface area contributed by atoms with Gasteiger partial charge in [-0.3, -0.25) is 4.18 Å². The van der Waals surface area contributed by atoms with Gasteiger partial charge in [0.15, 0.2) is 0 Å². The lowest BCUT2D eigenvalue weighted by Gasteiger charge is -1.99. The zero-order valence-electron chi connectivity index (χ0n) is 9.63. The van der Waals surface area contributed by atoms with Gasteiger partial charge in [0, 0.05) is 6.42 Å². The van der Waals surface area contributed by atoms with Gasteiger partial charge in [-0.05, 0) is 12.3 Å². The highest BCUT2D eigenvalue weighted by Crippen LogP contribution is 2.15. The maximum absolute atomic E-state index is 10.8. The van der Waals surface area contributed by atoms with Gasteiger partial charge in [0.1, 0.15) is 16.6 Å². The van der Waals surface area contributed by atoms with Crippen LogP contribution in [0.3, 0.4) is 0 Å². The van der Waals surface area contributed by atoms with E-state index in [4.69, 9.17) is 0 Å². The Bertz CT molecular complexity index is 426. The fourth-order valence-electron chi connectivity index (χ4n) is 1.02. The molecule has 0 aliphatic heterocycles. The van der Waals surface area contributed by atoms with Crippen LogP contribution < -0.4 is 0 Å². The molecular formula is C9H16N2O3S2. The SMILES string of the molecule is CC(C)CCc1nnc(COS(C)(=O)=O)s1. The quantitative estimate of drug-likeness (QED) is 0.730. The third-order valence-electron chi connectivity index (χ3n) is 1.84. The summed E-state index contributed by atoms with van der Waals surface area (Å²) in [5.41, 5.74) is 0. The summed E-state index contributed by atoms with van der Waals surface area (Å²) < 4.78 is 26.2. The van der Waals surface area contributed by atoms with Gasteiger partial charge in [0.25, 0.3) is 10.1 Å². The molecule has 0 bridgehead atoms. The van der Waals surface area contributed by atoms with Crippen LogP contribution >= 0.6 is 11.3 Å². The van der Waals surface area contributed by atoms with Crippen LogP contribution in [0.4, 0.5) is 0 Å². The molecule has 0 N–H and O–H groups in total. The van der Waals surface area contributed by atoms with Crippen molar-refractivity contribution in [1.82, 2.24) is 10.2 Å². The standard InChI is InChI=1S/C9H16N2O3S2/c1-7(2)4-5-8-10-11-9(15-8)6-14-16(3,12)13/h7H,4-6H2,1-3H3. The highest BCUT2D eigenvalue weighted by Gasteiger charge is 2.08. The van der Waals surface area contributed by atoms with Crippen molar-refractivity contribution in [2.45, 2.75) is 33.3 Å².